The van der Waals surface area contributed by atoms with Crippen LogP contribution < -0.4 is 5.32 Å². The number of carbonyl (C=O) groups excluding carboxylic acids is 1. The van der Waals surface area contributed by atoms with Crippen molar-refractivity contribution in [2.45, 2.75) is 37.2 Å². The highest BCUT2D eigenvalue weighted by atomic mass is 19.1. The number of rotatable bonds is 3. The van der Waals surface area contributed by atoms with Gasteiger partial charge in [0.15, 0.2) is 6.17 Å². The highest BCUT2D eigenvalue weighted by Crippen LogP contribution is 2.35. The summed E-state index contributed by atoms with van der Waals surface area (Å²) >= 11 is 0. The zero-order valence-corrected chi connectivity index (χ0v) is 17.1. The highest BCUT2D eigenvalue weighted by Gasteiger charge is 2.38. The minimum atomic E-state index is -0.454. The number of amidine groups is 1. The van der Waals surface area contributed by atoms with E-state index in [1.807, 2.05) is 11.0 Å². The summed E-state index contributed by atoms with van der Waals surface area (Å²) in [6, 6.07) is 2.71. The second-order valence-corrected chi connectivity index (χ2v) is 8.12. The minimum absolute atomic E-state index is 0.0806. The fraction of sp³-hybridized carbons (Fsp3) is 0.476. The van der Waals surface area contributed by atoms with E-state index in [0.29, 0.717) is 37.5 Å². The Morgan fingerprint density at radius 3 is 2.94 bits per heavy atom. The zero-order valence-electron chi connectivity index (χ0n) is 17.1. The van der Waals surface area contributed by atoms with Gasteiger partial charge in [0.2, 0.25) is 0 Å². The molecule has 1 N–H and O–H groups in total. The SMILES string of the molecule is COC1CN(C(=O)NC2C=NN3C=CC(N4CCC[C@@H]4c4cc(F)ccc4F)=NC23)C1. The van der Waals surface area contributed by atoms with Crippen LogP contribution in [0.1, 0.15) is 24.4 Å². The normalized spacial score (nSPS) is 27.4. The average molecular weight is 430 g/mol. The van der Waals surface area contributed by atoms with Gasteiger partial charge in [0.25, 0.3) is 0 Å². The molecule has 0 saturated carbocycles. The van der Waals surface area contributed by atoms with E-state index < -0.39 is 17.8 Å². The Kier molecular flexibility index (Phi) is 5.09. The molecule has 1 aromatic rings. The van der Waals surface area contributed by atoms with Gasteiger partial charge in [0.1, 0.15) is 23.5 Å². The lowest BCUT2D eigenvalue weighted by Crippen LogP contribution is -2.60. The summed E-state index contributed by atoms with van der Waals surface area (Å²) in [4.78, 5) is 21.0. The van der Waals surface area contributed by atoms with E-state index in [4.69, 9.17) is 9.73 Å². The van der Waals surface area contributed by atoms with Crippen molar-refractivity contribution in [1.29, 1.82) is 0 Å². The molecule has 2 fully saturated rings. The van der Waals surface area contributed by atoms with Crippen molar-refractivity contribution in [3.05, 3.63) is 47.7 Å². The number of benzene rings is 1. The molecule has 0 spiro atoms. The maximum absolute atomic E-state index is 14.4. The third-order valence-corrected chi connectivity index (χ3v) is 6.22. The lowest BCUT2D eigenvalue weighted by molar-refractivity contribution is -0.00807. The fourth-order valence-electron chi connectivity index (χ4n) is 4.45. The quantitative estimate of drug-likeness (QED) is 0.797. The third-order valence-electron chi connectivity index (χ3n) is 6.22. The number of likely N-dealkylation sites (tertiary alicyclic amines) is 2. The number of carbonyl (C=O) groups is 1. The molecule has 5 rings (SSSR count). The topological polar surface area (TPSA) is 72.8 Å². The number of methoxy groups -OCH3 is 1. The Morgan fingerprint density at radius 2 is 2.13 bits per heavy atom. The van der Waals surface area contributed by atoms with Gasteiger partial charge in [-0.05, 0) is 37.1 Å². The second-order valence-electron chi connectivity index (χ2n) is 8.12. The first kappa shape index (κ1) is 19.9. The molecular weight excluding hydrogens is 406 g/mol. The zero-order chi connectivity index (χ0) is 21.5. The van der Waals surface area contributed by atoms with Crippen LogP contribution in [-0.2, 0) is 4.74 Å². The third kappa shape index (κ3) is 3.65. The summed E-state index contributed by atoms with van der Waals surface area (Å²) in [5, 5.41) is 8.98. The van der Waals surface area contributed by atoms with Crippen molar-refractivity contribution in [2.24, 2.45) is 10.1 Å². The molecule has 4 heterocycles. The molecule has 8 nitrogen and oxygen atoms in total. The number of hydrogen-bond acceptors (Lipinski definition) is 6. The highest BCUT2D eigenvalue weighted by molar-refractivity contribution is 5.95. The molecule has 2 unspecified atom stereocenters. The van der Waals surface area contributed by atoms with E-state index in [9.17, 15) is 13.6 Å². The largest absolute Gasteiger partial charge is 0.378 e. The second kappa shape index (κ2) is 7.92. The monoisotopic (exact) mass is 430 g/mol. The molecule has 1 aromatic carbocycles. The molecule has 0 bridgehead atoms. The van der Waals surface area contributed by atoms with Crippen LogP contribution in [0.5, 0.6) is 0 Å². The van der Waals surface area contributed by atoms with Gasteiger partial charge in [-0.15, -0.1) is 0 Å². The summed E-state index contributed by atoms with van der Waals surface area (Å²) < 4.78 is 33.4. The molecule has 2 amide bonds. The van der Waals surface area contributed by atoms with E-state index in [-0.39, 0.29) is 24.2 Å². The first-order valence-electron chi connectivity index (χ1n) is 10.4. The van der Waals surface area contributed by atoms with E-state index in [1.165, 1.54) is 12.1 Å². The van der Waals surface area contributed by atoms with Crippen molar-refractivity contribution in [3.8, 4) is 0 Å². The first-order chi connectivity index (χ1) is 15.0. The Balaban J connectivity index is 1.31. The number of urea groups is 1. The maximum Gasteiger partial charge on any atom is 0.318 e. The van der Waals surface area contributed by atoms with Crippen molar-refractivity contribution in [2.75, 3.05) is 26.7 Å². The lowest BCUT2D eigenvalue weighted by Gasteiger charge is -2.39. The number of halogens is 2. The van der Waals surface area contributed by atoms with Crippen LogP contribution in [0.4, 0.5) is 13.6 Å². The van der Waals surface area contributed by atoms with Gasteiger partial charge in [-0.3, -0.25) is 0 Å². The van der Waals surface area contributed by atoms with Crippen molar-refractivity contribution >= 4 is 18.1 Å². The average Bonchev–Trinajstić information content (AvgIpc) is 3.36. The van der Waals surface area contributed by atoms with Crippen molar-refractivity contribution in [1.82, 2.24) is 20.1 Å². The van der Waals surface area contributed by atoms with Crippen molar-refractivity contribution < 1.29 is 18.3 Å². The lowest BCUT2D eigenvalue weighted by atomic mass is 10.0. The molecule has 0 aliphatic carbocycles. The van der Waals surface area contributed by atoms with Crippen LogP contribution in [0.15, 0.2) is 40.6 Å². The number of nitrogens with one attached hydrogen (secondary N) is 1. The number of fused-ring (bicyclic) bond motifs is 1. The van der Waals surface area contributed by atoms with E-state index in [2.05, 4.69) is 10.4 Å². The fourth-order valence-corrected chi connectivity index (χ4v) is 4.45. The van der Waals surface area contributed by atoms with Crippen LogP contribution in [0.3, 0.4) is 0 Å². The maximum atomic E-state index is 14.4. The number of ether oxygens (including phenoxy) is 1. The molecule has 0 radical (unpaired) electrons. The number of amides is 2. The van der Waals surface area contributed by atoms with Gasteiger partial charge < -0.3 is 19.9 Å². The number of hydrazone groups is 1. The molecule has 4 aliphatic heterocycles. The number of nitrogens with zero attached hydrogens (tertiary/aromatic N) is 5. The molecule has 2 saturated heterocycles. The number of aliphatic imine (C=N–C) groups is 1. The summed E-state index contributed by atoms with van der Waals surface area (Å²) in [7, 11) is 1.63. The summed E-state index contributed by atoms with van der Waals surface area (Å²) in [6.07, 6.45) is 6.53. The molecule has 31 heavy (non-hydrogen) atoms. The first-order valence-corrected chi connectivity index (χ1v) is 10.4. The van der Waals surface area contributed by atoms with Crippen LogP contribution in [0.2, 0.25) is 0 Å². The predicted molar refractivity (Wildman–Crippen MR) is 110 cm³/mol. The van der Waals surface area contributed by atoms with E-state index in [1.54, 1.807) is 29.4 Å². The van der Waals surface area contributed by atoms with E-state index in [0.717, 1.165) is 12.5 Å². The van der Waals surface area contributed by atoms with Gasteiger partial charge in [-0.2, -0.15) is 5.10 Å². The van der Waals surface area contributed by atoms with Crippen LogP contribution >= 0.6 is 0 Å². The Bertz CT molecular complexity index is 961. The minimum Gasteiger partial charge on any atom is -0.378 e. The van der Waals surface area contributed by atoms with E-state index >= 15 is 0 Å². The van der Waals surface area contributed by atoms with Gasteiger partial charge >= 0.3 is 6.03 Å². The predicted octanol–water partition coefficient (Wildman–Crippen LogP) is 2.06. The summed E-state index contributed by atoms with van der Waals surface area (Å²) in [5.74, 6) is -0.191. The number of hydrogen-bond donors (Lipinski definition) is 1. The molecule has 164 valence electrons. The molecule has 3 atom stereocenters. The van der Waals surface area contributed by atoms with Gasteiger partial charge in [-0.25, -0.2) is 23.6 Å². The Labute approximate surface area is 178 Å². The van der Waals surface area contributed by atoms with Crippen LogP contribution in [0, 0.1) is 11.6 Å². The molecule has 0 aromatic heterocycles. The standard InChI is InChI=1S/C21H24F2N6O2/c1-31-14-11-27(12-14)21(30)25-17-10-24-29-8-6-19(26-20(17)29)28-7-2-3-18(28)15-9-13(22)4-5-16(15)23/h4-6,8-10,14,17-18,20H,2-3,7,11-12H2,1H3,(H,25,30)/t17?,18-,20?/m1/s1. The molecule has 4 aliphatic rings. The molecular formula is C21H24F2N6O2. The van der Waals surface area contributed by atoms with Crippen LogP contribution in [-0.4, -0.2) is 77.9 Å². The Morgan fingerprint density at radius 1 is 1.29 bits per heavy atom. The Hall–Kier alpha value is -3.01. The summed E-state index contributed by atoms with van der Waals surface area (Å²) in [6.45, 7) is 1.81. The van der Waals surface area contributed by atoms with Gasteiger partial charge in [0.05, 0.1) is 31.4 Å². The van der Waals surface area contributed by atoms with Gasteiger partial charge in [0, 0.05) is 25.4 Å². The molecule has 10 heteroatoms. The summed E-state index contributed by atoms with van der Waals surface area (Å²) in [5.41, 5.74) is 0.342. The van der Waals surface area contributed by atoms with Crippen molar-refractivity contribution in [3.63, 3.8) is 0 Å². The van der Waals surface area contributed by atoms with Crippen LogP contribution in [0.25, 0.3) is 0 Å². The van der Waals surface area contributed by atoms with Gasteiger partial charge in [-0.1, -0.05) is 0 Å². The smallest absolute Gasteiger partial charge is 0.318 e.